The van der Waals surface area contributed by atoms with Gasteiger partial charge in [-0.05, 0) is 62.2 Å². The van der Waals surface area contributed by atoms with Crippen LogP contribution >= 0.6 is 0 Å². The summed E-state index contributed by atoms with van der Waals surface area (Å²) in [5.41, 5.74) is 10.5. The summed E-state index contributed by atoms with van der Waals surface area (Å²) in [7, 11) is 1.55. The Balaban J connectivity index is 1.75. The third kappa shape index (κ3) is 5.33. The minimum absolute atomic E-state index is 0.295. The number of aromatic nitrogens is 2. The van der Waals surface area contributed by atoms with Crippen LogP contribution in [0.4, 0.5) is 33.6 Å². The first-order valence-corrected chi connectivity index (χ1v) is 11.0. The van der Waals surface area contributed by atoms with E-state index < -0.39 is 6.09 Å². The summed E-state index contributed by atoms with van der Waals surface area (Å²) in [6.45, 7) is 5.82. The maximum Gasteiger partial charge on any atom is 0.425 e. The number of nitrogens with two attached hydrogens (primary N) is 1. The molecule has 4 aromatic rings. The third-order valence-corrected chi connectivity index (χ3v) is 5.32. The van der Waals surface area contributed by atoms with Gasteiger partial charge in [-0.25, -0.2) is 14.7 Å². The van der Waals surface area contributed by atoms with Crippen LogP contribution in [0, 0.1) is 20.8 Å². The van der Waals surface area contributed by atoms with Gasteiger partial charge in [-0.3, -0.25) is 0 Å². The van der Waals surface area contributed by atoms with Crippen molar-refractivity contribution in [3.8, 4) is 11.5 Å². The average molecular weight is 470 g/mol. The summed E-state index contributed by atoms with van der Waals surface area (Å²) in [6.07, 6.45) is 0.938. The van der Waals surface area contributed by atoms with Crippen LogP contribution in [-0.2, 0) is 0 Å². The first-order chi connectivity index (χ1) is 16.9. The second-order valence-corrected chi connectivity index (χ2v) is 8.09. The van der Waals surface area contributed by atoms with E-state index in [0.29, 0.717) is 34.6 Å². The molecule has 0 aliphatic carbocycles. The monoisotopic (exact) mass is 469 g/mol. The number of para-hydroxylation sites is 2. The lowest BCUT2D eigenvalue weighted by Crippen LogP contribution is -2.31. The molecule has 4 rings (SSSR count). The van der Waals surface area contributed by atoms with Crippen molar-refractivity contribution in [2.24, 2.45) is 0 Å². The maximum atomic E-state index is 13.6. The number of aryl methyl sites for hydroxylation is 3. The minimum Gasteiger partial charge on any atom is -0.495 e. The van der Waals surface area contributed by atoms with Crippen LogP contribution in [0.3, 0.4) is 0 Å². The fourth-order valence-corrected chi connectivity index (χ4v) is 3.87. The standard InChI is InChI=1S/C27H27N5O3/c1-17-14-18(2)25(19(3)15-17)35-27(33)32(22-10-5-6-11-23(22)34-4)24-12-13-29-26(31-24)30-21-9-7-8-20(28)16-21/h5-16H,28H2,1-4H3,(H,29,30,31). The molecule has 0 atom stereocenters. The predicted octanol–water partition coefficient (Wildman–Crippen LogP) is 6.07. The summed E-state index contributed by atoms with van der Waals surface area (Å²) < 4.78 is 11.4. The highest BCUT2D eigenvalue weighted by molar-refractivity contribution is 5.98. The normalized spacial score (nSPS) is 10.5. The molecule has 0 bridgehead atoms. The summed E-state index contributed by atoms with van der Waals surface area (Å²) >= 11 is 0. The number of anilines is 5. The zero-order chi connectivity index (χ0) is 24.9. The molecular formula is C27H27N5O3. The van der Waals surface area contributed by atoms with Crippen molar-refractivity contribution in [2.75, 3.05) is 23.1 Å². The van der Waals surface area contributed by atoms with E-state index in [1.807, 2.05) is 57.2 Å². The van der Waals surface area contributed by atoms with Gasteiger partial charge in [0.1, 0.15) is 17.3 Å². The first kappa shape index (κ1) is 23.6. The van der Waals surface area contributed by atoms with Crippen molar-refractivity contribution >= 4 is 34.9 Å². The van der Waals surface area contributed by atoms with Crippen molar-refractivity contribution in [3.63, 3.8) is 0 Å². The van der Waals surface area contributed by atoms with Gasteiger partial charge in [-0.1, -0.05) is 35.9 Å². The Labute approximate surface area is 204 Å². The molecule has 0 aliphatic rings. The lowest BCUT2D eigenvalue weighted by atomic mass is 10.1. The second-order valence-electron chi connectivity index (χ2n) is 8.09. The van der Waals surface area contributed by atoms with Gasteiger partial charge < -0.3 is 20.5 Å². The highest BCUT2D eigenvalue weighted by atomic mass is 16.6. The molecule has 0 spiro atoms. The van der Waals surface area contributed by atoms with Gasteiger partial charge in [-0.2, -0.15) is 4.98 Å². The molecule has 0 fully saturated rings. The van der Waals surface area contributed by atoms with E-state index in [9.17, 15) is 4.79 Å². The summed E-state index contributed by atoms with van der Waals surface area (Å²) in [5, 5.41) is 3.12. The summed E-state index contributed by atoms with van der Waals surface area (Å²) in [4.78, 5) is 23.9. The van der Waals surface area contributed by atoms with E-state index in [2.05, 4.69) is 15.3 Å². The quantitative estimate of drug-likeness (QED) is 0.330. The Bertz CT molecular complexity index is 1350. The van der Waals surface area contributed by atoms with Crippen molar-refractivity contribution < 1.29 is 14.3 Å². The number of nitrogens with one attached hydrogen (secondary N) is 1. The molecule has 0 saturated carbocycles. The smallest absolute Gasteiger partial charge is 0.425 e. The number of hydrogen-bond donors (Lipinski definition) is 2. The molecule has 0 aliphatic heterocycles. The number of nitrogen functional groups attached to an aromatic ring is 1. The molecule has 178 valence electrons. The van der Waals surface area contributed by atoms with Crippen LogP contribution in [0.15, 0.2) is 72.9 Å². The average Bonchev–Trinajstić information content (AvgIpc) is 2.82. The molecule has 0 saturated heterocycles. The van der Waals surface area contributed by atoms with E-state index in [4.69, 9.17) is 15.2 Å². The highest BCUT2D eigenvalue weighted by Crippen LogP contribution is 2.35. The number of rotatable bonds is 6. The van der Waals surface area contributed by atoms with Gasteiger partial charge in [0.2, 0.25) is 5.95 Å². The van der Waals surface area contributed by atoms with E-state index in [1.54, 1.807) is 43.6 Å². The number of amides is 1. The van der Waals surface area contributed by atoms with E-state index >= 15 is 0 Å². The molecule has 8 nitrogen and oxygen atoms in total. The van der Waals surface area contributed by atoms with Gasteiger partial charge in [0.05, 0.1) is 12.8 Å². The van der Waals surface area contributed by atoms with Crippen molar-refractivity contribution in [1.82, 2.24) is 9.97 Å². The molecule has 35 heavy (non-hydrogen) atoms. The Morgan fingerprint density at radius 2 is 1.71 bits per heavy atom. The molecule has 1 aromatic heterocycles. The topological polar surface area (TPSA) is 103 Å². The van der Waals surface area contributed by atoms with Crippen LogP contribution in [-0.4, -0.2) is 23.2 Å². The zero-order valence-electron chi connectivity index (χ0n) is 20.1. The molecular weight excluding hydrogens is 442 g/mol. The number of hydrogen-bond acceptors (Lipinski definition) is 7. The number of carbonyl (C=O) groups excluding carboxylic acids is 1. The number of nitrogens with zero attached hydrogens (tertiary/aromatic N) is 3. The van der Waals surface area contributed by atoms with Gasteiger partial charge >= 0.3 is 6.09 Å². The highest BCUT2D eigenvalue weighted by Gasteiger charge is 2.26. The van der Waals surface area contributed by atoms with Crippen molar-refractivity contribution in [3.05, 3.63) is 89.6 Å². The SMILES string of the molecule is COc1ccccc1N(C(=O)Oc1c(C)cc(C)cc1C)c1ccnc(Nc2cccc(N)c2)n1. The van der Waals surface area contributed by atoms with Gasteiger partial charge in [-0.15, -0.1) is 0 Å². The molecule has 0 radical (unpaired) electrons. The van der Waals surface area contributed by atoms with E-state index in [0.717, 1.165) is 22.4 Å². The molecule has 8 heteroatoms. The largest absolute Gasteiger partial charge is 0.495 e. The number of methoxy groups -OCH3 is 1. The summed E-state index contributed by atoms with van der Waals surface area (Å²) in [5.74, 6) is 1.60. The Morgan fingerprint density at radius 1 is 0.971 bits per heavy atom. The second kappa shape index (κ2) is 10.1. The van der Waals surface area contributed by atoms with Crippen LogP contribution in [0.2, 0.25) is 0 Å². The Morgan fingerprint density at radius 3 is 2.43 bits per heavy atom. The fraction of sp³-hybridized carbons (Fsp3) is 0.148. The van der Waals surface area contributed by atoms with Crippen LogP contribution < -0.4 is 25.4 Å². The van der Waals surface area contributed by atoms with Gasteiger partial charge in [0, 0.05) is 23.6 Å². The van der Waals surface area contributed by atoms with Gasteiger partial charge in [0.15, 0.2) is 0 Å². The first-order valence-electron chi connectivity index (χ1n) is 11.0. The number of benzene rings is 3. The third-order valence-electron chi connectivity index (χ3n) is 5.32. The van der Waals surface area contributed by atoms with E-state index in [-0.39, 0.29) is 0 Å². The minimum atomic E-state index is -0.627. The Hall–Kier alpha value is -4.59. The number of carbonyl (C=O) groups is 1. The maximum absolute atomic E-state index is 13.6. The predicted molar refractivity (Wildman–Crippen MR) is 138 cm³/mol. The fourth-order valence-electron chi connectivity index (χ4n) is 3.87. The molecule has 0 unspecified atom stereocenters. The number of ether oxygens (including phenoxy) is 2. The van der Waals surface area contributed by atoms with E-state index in [1.165, 1.54) is 4.90 Å². The lowest BCUT2D eigenvalue weighted by Gasteiger charge is -2.24. The zero-order valence-corrected chi connectivity index (χ0v) is 20.1. The molecule has 1 amide bonds. The van der Waals surface area contributed by atoms with Crippen LogP contribution in [0.25, 0.3) is 0 Å². The molecule has 3 N–H and O–H groups in total. The van der Waals surface area contributed by atoms with Crippen molar-refractivity contribution in [1.29, 1.82) is 0 Å². The lowest BCUT2D eigenvalue weighted by molar-refractivity contribution is 0.209. The van der Waals surface area contributed by atoms with Crippen LogP contribution in [0.1, 0.15) is 16.7 Å². The molecule has 1 heterocycles. The van der Waals surface area contributed by atoms with Crippen molar-refractivity contribution in [2.45, 2.75) is 20.8 Å². The Kier molecular flexibility index (Phi) is 6.82. The summed E-state index contributed by atoms with van der Waals surface area (Å²) in [6, 6.07) is 20.0. The van der Waals surface area contributed by atoms with Crippen LogP contribution in [0.5, 0.6) is 11.5 Å². The molecule has 3 aromatic carbocycles. The van der Waals surface area contributed by atoms with Gasteiger partial charge in [0.25, 0.3) is 0 Å².